The first-order valence-corrected chi connectivity index (χ1v) is 6.08. The van der Waals surface area contributed by atoms with Crippen LogP contribution in [0.4, 0.5) is 0 Å². The summed E-state index contributed by atoms with van der Waals surface area (Å²) in [4.78, 5) is 11.6. The van der Waals surface area contributed by atoms with Crippen LogP contribution >= 0.6 is 0 Å². The molecule has 88 valence electrons. The van der Waals surface area contributed by atoms with Gasteiger partial charge in [0.1, 0.15) is 0 Å². The summed E-state index contributed by atoms with van der Waals surface area (Å²) in [5.74, 6) is 0.116. The number of rotatable bonds is 3. The second kappa shape index (κ2) is 4.68. The van der Waals surface area contributed by atoms with E-state index in [0.717, 1.165) is 31.4 Å². The lowest BCUT2D eigenvalue weighted by Crippen LogP contribution is -2.47. The quantitative estimate of drug-likeness (QED) is 0.821. The lowest BCUT2D eigenvalue weighted by Gasteiger charge is -2.36. The Kier molecular flexibility index (Phi) is 3.27. The minimum absolute atomic E-state index is 0.116. The van der Waals surface area contributed by atoms with Crippen molar-refractivity contribution in [3.05, 3.63) is 18.0 Å². The number of hydrogen-bond acceptors (Lipinski definition) is 2. The molecule has 0 saturated heterocycles. The van der Waals surface area contributed by atoms with Gasteiger partial charge in [-0.3, -0.25) is 9.89 Å². The molecule has 1 saturated carbocycles. The normalized spacial score (nSPS) is 19.3. The standard InChI is InChI=1S/C12H19N3O/c1-2-11(16)14-12(7-4-3-5-8-12)10-6-9-13-15-10/h6,9H,2-5,7-8H2,1H3,(H,13,15)(H,14,16). The van der Waals surface area contributed by atoms with Crippen molar-refractivity contribution in [2.75, 3.05) is 0 Å². The Bertz CT molecular complexity index is 339. The molecule has 0 aliphatic heterocycles. The van der Waals surface area contributed by atoms with Gasteiger partial charge in [0.2, 0.25) is 5.91 Å². The Balaban J connectivity index is 2.21. The zero-order valence-electron chi connectivity index (χ0n) is 9.75. The SMILES string of the molecule is CCC(=O)NC1(c2cc[nH]n2)CCCCC1. The molecule has 0 aromatic carbocycles. The van der Waals surface area contributed by atoms with E-state index < -0.39 is 0 Å². The van der Waals surface area contributed by atoms with E-state index in [9.17, 15) is 4.79 Å². The van der Waals surface area contributed by atoms with Gasteiger partial charge in [0, 0.05) is 12.6 Å². The molecular formula is C12H19N3O. The second-order valence-electron chi connectivity index (χ2n) is 4.50. The third-order valence-corrected chi connectivity index (χ3v) is 3.40. The van der Waals surface area contributed by atoms with E-state index in [-0.39, 0.29) is 11.4 Å². The summed E-state index contributed by atoms with van der Waals surface area (Å²) in [5.41, 5.74) is 0.764. The maximum atomic E-state index is 11.6. The van der Waals surface area contributed by atoms with E-state index in [2.05, 4.69) is 15.5 Å². The molecule has 4 nitrogen and oxygen atoms in total. The smallest absolute Gasteiger partial charge is 0.220 e. The minimum atomic E-state index is -0.217. The van der Waals surface area contributed by atoms with Gasteiger partial charge in [-0.25, -0.2) is 0 Å². The highest BCUT2D eigenvalue weighted by atomic mass is 16.1. The first-order valence-electron chi connectivity index (χ1n) is 6.08. The fourth-order valence-electron chi connectivity index (χ4n) is 2.48. The fraction of sp³-hybridized carbons (Fsp3) is 0.667. The molecule has 0 unspecified atom stereocenters. The third kappa shape index (κ3) is 2.10. The molecular weight excluding hydrogens is 202 g/mol. The van der Waals surface area contributed by atoms with Crippen LogP contribution in [0.2, 0.25) is 0 Å². The minimum Gasteiger partial charge on any atom is -0.345 e. The van der Waals surface area contributed by atoms with Gasteiger partial charge in [-0.2, -0.15) is 5.10 Å². The number of H-pyrrole nitrogens is 1. The van der Waals surface area contributed by atoms with Gasteiger partial charge in [-0.15, -0.1) is 0 Å². The van der Waals surface area contributed by atoms with Crippen molar-refractivity contribution in [2.24, 2.45) is 0 Å². The molecule has 1 fully saturated rings. The van der Waals surface area contributed by atoms with Crippen molar-refractivity contribution >= 4 is 5.91 Å². The molecule has 0 spiro atoms. The van der Waals surface area contributed by atoms with Crippen LogP contribution in [-0.2, 0) is 10.3 Å². The average molecular weight is 221 g/mol. The van der Waals surface area contributed by atoms with Gasteiger partial charge in [0.15, 0.2) is 0 Å². The molecule has 0 atom stereocenters. The van der Waals surface area contributed by atoms with Crippen molar-refractivity contribution in [2.45, 2.75) is 51.0 Å². The zero-order valence-corrected chi connectivity index (χ0v) is 9.75. The Morgan fingerprint density at radius 3 is 2.81 bits per heavy atom. The Labute approximate surface area is 95.8 Å². The molecule has 4 heteroatoms. The van der Waals surface area contributed by atoms with Crippen LogP contribution in [0, 0.1) is 0 Å². The van der Waals surface area contributed by atoms with Crippen molar-refractivity contribution in [3.63, 3.8) is 0 Å². The molecule has 1 heterocycles. The van der Waals surface area contributed by atoms with Gasteiger partial charge >= 0.3 is 0 Å². The number of hydrogen-bond donors (Lipinski definition) is 2. The number of carbonyl (C=O) groups excluding carboxylic acids is 1. The topological polar surface area (TPSA) is 57.8 Å². The fourth-order valence-corrected chi connectivity index (χ4v) is 2.48. The number of nitrogens with one attached hydrogen (secondary N) is 2. The van der Waals surface area contributed by atoms with Crippen LogP contribution in [-0.4, -0.2) is 16.1 Å². The van der Waals surface area contributed by atoms with Crippen LogP contribution in [0.1, 0.15) is 51.1 Å². The number of carbonyl (C=O) groups is 1. The van der Waals surface area contributed by atoms with Crippen molar-refractivity contribution in [1.29, 1.82) is 0 Å². The van der Waals surface area contributed by atoms with Crippen molar-refractivity contribution in [3.8, 4) is 0 Å². The summed E-state index contributed by atoms with van der Waals surface area (Å²) in [6.45, 7) is 1.89. The Morgan fingerprint density at radius 2 is 2.25 bits per heavy atom. The van der Waals surface area contributed by atoms with Gasteiger partial charge in [0.25, 0.3) is 0 Å². The van der Waals surface area contributed by atoms with E-state index in [1.807, 2.05) is 19.2 Å². The van der Waals surface area contributed by atoms with Crippen LogP contribution in [0.3, 0.4) is 0 Å². The molecule has 1 aromatic heterocycles. The van der Waals surface area contributed by atoms with Crippen molar-refractivity contribution in [1.82, 2.24) is 15.5 Å². The van der Waals surface area contributed by atoms with Crippen LogP contribution in [0.25, 0.3) is 0 Å². The van der Waals surface area contributed by atoms with Gasteiger partial charge in [-0.05, 0) is 18.9 Å². The highest BCUT2D eigenvalue weighted by molar-refractivity contribution is 5.76. The third-order valence-electron chi connectivity index (χ3n) is 3.40. The average Bonchev–Trinajstić information content (AvgIpc) is 2.84. The maximum absolute atomic E-state index is 11.6. The predicted octanol–water partition coefficient (Wildman–Crippen LogP) is 2.10. The summed E-state index contributed by atoms with van der Waals surface area (Å²) >= 11 is 0. The summed E-state index contributed by atoms with van der Waals surface area (Å²) in [6.07, 6.45) is 7.95. The molecule has 1 aromatic rings. The molecule has 1 aliphatic carbocycles. The lowest BCUT2D eigenvalue weighted by atomic mass is 9.79. The summed E-state index contributed by atoms with van der Waals surface area (Å²) < 4.78 is 0. The van der Waals surface area contributed by atoms with Crippen LogP contribution in [0.5, 0.6) is 0 Å². The largest absolute Gasteiger partial charge is 0.345 e. The first-order chi connectivity index (χ1) is 7.77. The van der Waals surface area contributed by atoms with Gasteiger partial charge in [-0.1, -0.05) is 26.2 Å². The maximum Gasteiger partial charge on any atom is 0.220 e. The first kappa shape index (κ1) is 11.2. The van der Waals surface area contributed by atoms with E-state index in [1.54, 1.807) is 0 Å². The second-order valence-corrected chi connectivity index (χ2v) is 4.50. The Hall–Kier alpha value is -1.32. The highest BCUT2D eigenvalue weighted by Gasteiger charge is 2.36. The predicted molar refractivity (Wildman–Crippen MR) is 61.8 cm³/mol. The number of aromatic nitrogens is 2. The van der Waals surface area contributed by atoms with E-state index in [4.69, 9.17) is 0 Å². The van der Waals surface area contributed by atoms with Crippen LogP contribution < -0.4 is 5.32 Å². The number of aromatic amines is 1. The summed E-state index contributed by atoms with van der Waals surface area (Å²) in [6, 6.07) is 1.97. The molecule has 16 heavy (non-hydrogen) atoms. The molecule has 2 rings (SSSR count). The van der Waals surface area contributed by atoms with E-state index in [1.165, 1.54) is 6.42 Å². The zero-order chi connectivity index (χ0) is 11.4. The molecule has 0 bridgehead atoms. The highest BCUT2D eigenvalue weighted by Crippen LogP contribution is 2.36. The van der Waals surface area contributed by atoms with Crippen LogP contribution in [0.15, 0.2) is 12.3 Å². The lowest BCUT2D eigenvalue weighted by molar-refractivity contribution is -0.123. The monoisotopic (exact) mass is 221 g/mol. The van der Waals surface area contributed by atoms with E-state index >= 15 is 0 Å². The van der Waals surface area contributed by atoms with Gasteiger partial charge in [0.05, 0.1) is 11.2 Å². The molecule has 2 N–H and O–H groups in total. The summed E-state index contributed by atoms with van der Waals surface area (Å²) in [7, 11) is 0. The van der Waals surface area contributed by atoms with Gasteiger partial charge < -0.3 is 5.32 Å². The summed E-state index contributed by atoms with van der Waals surface area (Å²) in [5, 5.41) is 10.3. The number of nitrogens with zero attached hydrogens (tertiary/aromatic N) is 1. The molecule has 1 aliphatic rings. The van der Waals surface area contributed by atoms with Crippen molar-refractivity contribution < 1.29 is 4.79 Å². The van der Waals surface area contributed by atoms with E-state index in [0.29, 0.717) is 6.42 Å². The molecule has 0 radical (unpaired) electrons. The molecule has 1 amide bonds. The Morgan fingerprint density at radius 1 is 1.50 bits per heavy atom. The number of amides is 1.